The predicted molar refractivity (Wildman–Crippen MR) is 78.9 cm³/mol. The van der Waals surface area contributed by atoms with Crippen molar-refractivity contribution < 1.29 is 17.6 Å². The predicted octanol–water partition coefficient (Wildman–Crippen LogP) is 3.13. The third-order valence-corrected chi connectivity index (χ3v) is 5.40. The van der Waals surface area contributed by atoms with Crippen molar-refractivity contribution in [2.24, 2.45) is 0 Å². The van der Waals surface area contributed by atoms with Gasteiger partial charge in [-0.2, -0.15) is 4.31 Å². The molecule has 0 N–H and O–H groups in total. The molecule has 0 spiro atoms. The smallest absolute Gasteiger partial charge is 0.276 e. The zero-order valence-corrected chi connectivity index (χ0v) is 13.1. The lowest BCUT2D eigenvalue weighted by Gasteiger charge is -2.24. The average Bonchev–Trinajstić information content (AvgIpc) is 2.96. The highest BCUT2D eigenvalue weighted by Crippen LogP contribution is 2.30. The van der Waals surface area contributed by atoms with Crippen LogP contribution in [0.15, 0.2) is 45.9 Å². The Hall–Kier alpha value is -1.63. The highest BCUT2D eigenvalue weighted by Gasteiger charge is 2.30. The molecule has 0 saturated heterocycles. The van der Waals surface area contributed by atoms with Gasteiger partial charge in [-0.05, 0) is 30.7 Å². The summed E-state index contributed by atoms with van der Waals surface area (Å²) in [5, 5.41) is 0.214. The maximum atomic E-state index is 12.5. The van der Waals surface area contributed by atoms with E-state index in [0.717, 1.165) is 4.31 Å². The Morgan fingerprint density at radius 2 is 1.90 bits per heavy atom. The van der Waals surface area contributed by atoms with Crippen molar-refractivity contribution in [1.29, 1.82) is 0 Å². The van der Waals surface area contributed by atoms with Gasteiger partial charge >= 0.3 is 0 Å². The third-order valence-electron chi connectivity index (χ3n) is 3.25. The minimum absolute atomic E-state index is 0.0348. The van der Waals surface area contributed by atoms with Crippen LogP contribution < -0.4 is 0 Å². The van der Waals surface area contributed by atoms with Crippen LogP contribution in [0.3, 0.4) is 0 Å². The van der Waals surface area contributed by atoms with Crippen LogP contribution in [0.25, 0.3) is 0 Å². The van der Waals surface area contributed by atoms with Gasteiger partial charge < -0.3 is 4.42 Å². The number of carbonyl (C=O) groups excluding carboxylic acids is 1. The summed E-state index contributed by atoms with van der Waals surface area (Å²) in [5.74, 6) is -0.0348. The summed E-state index contributed by atoms with van der Waals surface area (Å²) in [6, 6.07) is 9.12. The van der Waals surface area contributed by atoms with Gasteiger partial charge in [-0.1, -0.05) is 29.8 Å². The van der Waals surface area contributed by atoms with E-state index in [2.05, 4.69) is 0 Å². The van der Waals surface area contributed by atoms with Gasteiger partial charge in [0.15, 0.2) is 12.0 Å². The van der Waals surface area contributed by atoms with E-state index in [9.17, 15) is 13.2 Å². The summed E-state index contributed by atoms with van der Waals surface area (Å²) < 4.78 is 31.1. The Morgan fingerprint density at radius 1 is 1.24 bits per heavy atom. The molecule has 1 aromatic carbocycles. The fourth-order valence-electron chi connectivity index (χ4n) is 1.90. The number of hydrogen-bond acceptors (Lipinski definition) is 4. The molecule has 0 aliphatic rings. The second-order valence-corrected chi connectivity index (χ2v) is 6.83. The molecule has 21 heavy (non-hydrogen) atoms. The minimum atomic E-state index is -3.84. The van der Waals surface area contributed by atoms with E-state index in [1.54, 1.807) is 31.2 Å². The normalized spacial score (nSPS) is 13.3. The fraction of sp³-hybridized carbons (Fsp3) is 0.214. The molecule has 1 unspecified atom stereocenters. The number of aldehydes is 1. The van der Waals surface area contributed by atoms with Gasteiger partial charge in [0.1, 0.15) is 0 Å². The Morgan fingerprint density at radius 3 is 2.48 bits per heavy atom. The van der Waals surface area contributed by atoms with Crippen LogP contribution in [0.4, 0.5) is 0 Å². The largest absolute Gasteiger partial charge is 0.440 e. The molecule has 7 heteroatoms. The van der Waals surface area contributed by atoms with Gasteiger partial charge in [-0.15, -0.1) is 0 Å². The molecular weight excluding hydrogens is 314 g/mol. The van der Waals surface area contributed by atoms with E-state index in [1.165, 1.54) is 19.2 Å². The summed E-state index contributed by atoms with van der Waals surface area (Å²) in [7, 11) is -2.41. The highest BCUT2D eigenvalue weighted by molar-refractivity contribution is 7.89. The molecule has 1 heterocycles. The van der Waals surface area contributed by atoms with Crippen LogP contribution in [0.1, 0.15) is 29.1 Å². The van der Waals surface area contributed by atoms with E-state index in [1.807, 2.05) is 0 Å². The second-order valence-electron chi connectivity index (χ2n) is 4.49. The number of furan rings is 1. The number of nitrogens with zero attached hydrogens (tertiary/aromatic N) is 1. The maximum Gasteiger partial charge on any atom is 0.276 e. The lowest BCUT2D eigenvalue weighted by atomic mass is 10.1. The fourth-order valence-corrected chi connectivity index (χ4v) is 3.45. The molecule has 5 nitrogen and oxygen atoms in total. The van der Waals surface area contributed by atoms with Gasteiger partial charge in [0.25, 0.3) is 10.0 Å². The summed E-state index contributed by atoms with van der Waals surface area (Å²) >= 11 is 6.09. The average molecular weight is 328 g/mol. The van der Waals surface area contributed by atoms with Gasteiger partial charge in [-0.3, -0.25) is 4.79 Å². The summed E-state index contributed by atoms with van der Waals surface area (Å²) in [6.07, 6.45) is 0.455. The van der Waals surface area contributed by atoms with Gasteiger partial charge in [0, 0.05) is 18.1 Å². The zero-order chi connectivity index (χ0) is 15.6. The van der Waals surface area contributed by atoms with Crippen LogP contribution in [-0.4, -0.2) is 26.1 Å². The van der Waals surface area contributed by atoms with E-state index in [4.69, 9.17) is 16.0 Å². The van der Waals surface area contributed by atoms with Crippen molar-refractivity contribution in [1.82, 2.24) is 4.31 Å². The summed E-state index contributed by atoms with van der Waals surface area (Å²) in [4.78, 5) is 10.6. The lowest BCUT2D eigenvalue weighted by molar-refractivity contribution is 0.109. The molecule has 2 rings (SSSR count). The molecule has 0 radical (unpaired) electrons. The van der Waals surface area contributed by atoms with Crippen molar-refractivity contribution in [2.45, 2.75) is 18.1 Å². The first-order valence-corrected chi connectivity index (χ1v) is 7.97. The van der Waals surface area contributed by atoms with Crippen LogP contribution >= 0.6 is 11.6 Å². The quantitative estimate of drug-likeness (QED) is 0.791. The first kappa shape index (κ1) is 15.8. The standard InChI is InChI=1S/C14H14ClNO4S/c1-10(12-5-3-4-6-13(12)15)16(2)21(18,19)14-8-7-11(9-17)20-14/h3-10H,1-2H3. The van der Waals surface area contributed by atoms with Crippen LogP contribution in [0.2, 0.25) is 5.02 Å². The first-order valence-electron chi connectivity index (χ1n) is 6.15. The highest BCUT2D eigenvalue weighted by atomic mass is 35.5. The van der Waals surface area contributed by atoms with Gasteiger partial charge in [0.2, 0.25) is 5.09 Å². The van der Waals surface area contributed by atoms with E-state index in [-0.39, 0.29) is 10.9 Å². The Kier molecular flexibility index (Phi) is 4.51. The number of benzene rings is 1. The number of carbonyl (C=O) groups is 1. The Balaban J connectivity index is 2.36. The summed E-state index contributed by atoms with van der Waals surface area (Å²) in [6.45, 7) is 1.72. The minimum Gasteiger partial charge on any atom is -0.440 e. The van der Waals surface area contributed by atoms with E-state index < -0.39 is 16.1 Å². The van der Waals surface area contributed by atoms with Crippen molar-refractivity contribution in [3.05, 3.63) is 52.7 Å². The Labute approximate surface area is 128 Å². The van der Waals surface area contributed by atoms with E-state index in [0.29, 0.717) is 16.9 Å². The van der Waals surface area contributed by atoms with Crippen LogP contribution in [-0.2, 0) is 10.0 Å². The molecule has 0 saturated carbocycles. The Bertz CT molecular complexity index is 754. The molecule has 2 aromatic rings. The number of sulfonamides is 1. The number of halogens is 1. The number of hydrogen-bond donors (Lipinski definition) is 0. The molecular formula is C14H14ClNO4S. The molecule has 0 fully saturated rings. The molecule has 1 atom stereocenters. The van der Waals surface area contributed by atoms with Crippen molar-refractivity contribution in [3.8, 4) is 0 Å². The lowest BCUT2D eigenvalue weighted by Crippen LogP contribution is -2.29. The van der Waals surface area contributed by atoms with Crippen LogP contribution in [0, 0.1) is 0 Å². The monoisotopic (exact) mass is 327 g/mol. The number of rotatable bonds is 5. The molecule has 0 amide bonds. The molecule has 1 aromatic heterocycles. The molecule has 0 bridgehead atoms. The second kappa shape index (κ2) is 6.01. The van der Waals surface area contributed by atoms with E-state index >= 15 is 0 Å². The van der Waals surface area contributed by atoms with Gasteiger partial charge in [-0.25, -0.2) is 8.42 Å². The first-order chi connectivity index (χ1) is 9.87. The molecule has 112 valence electrons. The third kappa shape index (κ3) is 3.02. The summed E-state index contributed by atoms with van der Waals surface area (Å²) in [5.41, 5.74) is 0.687. The van der Waals surface area contributed by atoms with Crippen LogP contribution in [0.5, 0.6) is 0 Å². The zero-order valence-electron chi connectivity index (χ0n) is 11.5. The van der Waals surface area contributed by atoms with Crippen molar-refractivity contribution in [2.75, 3.05) is 7.05 Å². The molecule has 0 aliphatic heterocycles. The maximum absolute atomic E-state index is 12.5. The van der Waals surface area contributed by atoms with Crippen molar-refractivity contribution in [3.63, 3.8) is 0 Å². The van der Waals surface area contributed by atoms with Crippen molar-refractivity contribution >= 4 is 27.9 Å². The van der Waals surface area contributed by atoms with Gasteiger partial charge in [0.05, 0.1) is 0 Å². The SMILES string of the molecule is CC(c1ccccc1Cl)N(C)S(=O)(=O)c1ccc(C=O)o1. The topological polar surface area (TPSA) is 67.6 Å². The molecule has 0 aliphatic carbocycles.